The molecule has 0 aliphatic heterocycles. The zero-order valence-electron chi connectivity index (χ0n) is 10.4. The van der Waals surface area contributed by atoms with Crippen LogP contribution in [0.5, 0.6) is 0 Å². The van der Waals surface area contributed by atoms with Crippen molar-refractivity contribution in [3.63, 3.8) is 0 Å². The fourth-order valence-corrected chi connectivity index (χ4v) is 1.66. The Labute approximate surface area is 89.6 Å². The lowest BCUT2D eigenvalue weighted by atomic mass is 10.1. The topological polar surface area (TPSA) is 12.5 Å². The highest BCUT2D eigenvalue weighted by atomic mass is 16.5. The van der Waals surface area contributed by atoms with E-state index in [4.69, 9.17) is 4.74 Å². The average Bonchev–Trinajstić information content (AvgIpc) is 2.22. The molecular formula is C12H27NO. The highest BCUT2D eigenvalue weighted by Gasteiger charge is 2.11. The summed E-state index contributed by atoms with van der Waals surface area (Å²) in [6, 6.07) is 0. The number of unbranched alkanes of at least 4 members (excludes halogenated alkanes) is 1. The molecule has 1 unspecified atom stereocenters. The van der Waals surface area contributed by atoms with Crippen LogP contribution in [0.15, 0.2) is 0 Å². The van der Waals surface area contributed by atoms with Crippen molar-refractivity contribution in [3.05, 3.63) is 0 Å². The molecule has 2 nitrogen and oxygen atoms in total. The Morgan fingerprint density at radius 1 is 1.07 bits per heavy atom. The van der Waals surface area contributed by atoms with Crippen molar-refractivity contribution in [2.45, 2.75) is 53.1 Å². The molecule has 0 fully saturated rings. The molecule has 1 atom stereocenters. The van der Waals surface area contributed by atoms with Crippen molar-refractivity contribution < 1.29 is 4.74 Å². The van der Waals surface area contributed by atoms with E-state index in [1.165, 1.54) is 19.3 Å². The maximum atomic E-state index is 5.74. The lowest BCUT2D eigenvalue weighted by molar-refractivity contribution is 0.0291. The first-order valence-corrected chi connectivity index (χ1v) is 6.12. The lowest BCUT2D eigenvalue weighted by Crippen LogP contribution is -2.33. The highest BCUT2D eigenvalue weighted by molar-refractivity contribution is 4.64. The van der Waals surface area contributed by atoms with Crippen molar-refractivity contribution in [1.82, 2.24) is 4.90 Å². The van der Waals surface area contributed by atoms with E-state index in [9.17, 15) is 0 Å². The Morgan fingerprint density at radius 3 is 2.14 bits per heavy atom. The van der Waals surface area contributed by atoms with Crippen LogP contribution >= 0.6 is 0 Å². The average molecular weight is 201 g/mol. The highest BCUT2D eigenvalue weighted by Crippen LogP contribution is 2.07. The fourth-order valence-electron chi connectivity index (χ4n) is 1.66. The van der Waals surface area contributed by atoms with Gasteiger partial charge in [0.2, 0.25) is 0 Å². The molecule has 0 rings (SSSR count). The summed E-state index contributed by atoms with van der Waals surface area (Å²) in [6.45, 7) is 13.0. The van der Waals surface area contributed by atoms with Gasteiger partial charge in [0.05, 0.1) is 6.10 Å². The second-order valence-corrected chi connectivity index (χ2v) is 3.71. The number of rotatable bonds is 9. The van der Waals surface area contributed by atoms with Crippen molar-refractivity contribution in [2.24, 2.45) is 0 Å². The Balaban J connectivity index is 3.80. The number of hydrogen-bond donors (Lipinski definition) is 0. The van der Waals surface area contributed by atoms with Crippen molar-refractivity contribution in [1.29, 1.82) is 0 Å². The molecular weight excluding hydrogens is 174 g/mol. The van der Waals surface area contributed by atoms with Crippen LogP contribution < -0.4 is 0 Å². The van der Waals surface area contributed by atoms with E-state index >= 15 is 0 Å². The van der Waals surface area contributed by atoms with Gasteiger partial charge in [0.25, 0.3) is 0 Å². The molecule has 86 valence electrons. The molecule has 0 aromatic heterocycles. The third-order valence-corrected chi connectivity index (χ3v) is 2.64. The van der Waals surface area contributed by atoms with Crippen LogP contribution in [0.2, 0.25) is 0 Å². The summed E-state index contributed by atoms with van der Waals surface area (Å²) in [4.78, 5) is 2.44. The largest absolute Gasteiger partial charge is 0.377 e. The van der Waals surface area contributed by atoms with Crippen LogP contribution in [0.1, 0.15) is 47.0 Å². The van der Waals surface area contributed by atoms with Crippen LogP contribution in [0, 0.1) is 0 Å². The first-order valence-electron chi connectivity index (χ1n) is 6.12. The fraction of sp³-hybridized carbons (Fsp3) is 1.00. The van der Waals surface area contributed by atoms with E-state index < -0.39 is 0 Å². The number of nitrogens with zero attached hydrogens (tertiary/aromatic N) is 1. The minimum Gasteiger partial charge on any atom is -0.377 e. The van der Waals surface area contributed by atoms with E-state index in [-0.39, 0.29) is 0 Å². The van der Waals surface area contributed by atoms with Crippen LogP contribution in [0.3, 0.4) is 0 Å². The smallest absolute Gasteiger partial charge is 0.0701 e. The van der Waals surface area contributed by atoms with Crippen LogP contribution in [-0.2, 0) is 4.74 Å². The third kappa shape index (κ3) is 6.39. The van der Waals surface area contributed by atoms with Gasteiger partial charge in [0.15, 0.2) is 0 Å². The van der Waals surface area contributed by atoms with E-state index in [1.54, 1.807) is 0 Å². The maximum absolute atomic E-state index is 5.74. The first kappa shape index (κ1) is 13.9. The molecule has 0 amide bonds. The van der Waals surface area contributed by atoms with Gasteiger partial charge in [-0.2, -0.15) is 0 Å². The molecule has 0 heterocycles. The molecule has 0 aromatic carbocycles. The van der Waals surface area contributed by atoms with Crippen molar-refractivity contribution >= 4 is 0 Å². The van der Waals surface area contributed by atoms with Gasteiger partial charge in [-0.05, 0) is 26.4 Å². The van der Waals surface area contributed by atoms with Gasteiger partial charge in [-0.3, -0.25) is 0 Å². The Morgan fingerprint density at radius 2 is 1.71 bits per heavy atom. The summed E-state index contributed by atoms with van der Waals surface area (Å²) in [5.74, 6) is 0. The number of hydrogen-bond acceptors (Lipinski definition) is 2. The second-order valence-electron chi connectivity index (χ2n) is 3.71. The van der Waals surface area contributed by atoms with E-state index in [0.29, 0.717) is 6.10 Å². The van der Waals surface area contributed by atoms with Gasteiger partial charge < -0.3 is 9.64 Å². The van der Waals surface area contributed by atoms with Crippen LogP contribution in [-0.4, -0.2) is 37.2 Å². The Kier molecular flexibility index (Phi) is 9.42. The monoisotopic (exact) mass is 201 g/mol. The first-order chi connectivity index (χ1) is 6.78. The number of likely N-dealkylation sites (N-methyl/N-ethyl adjacent to an activating group) is 1. The predicted octanol–water partition coefficient (Wildman–Crippen LogP) is 2.92. The maximum Gasteiger partial charge on any atom is 0.0701 e. The summed E-state index contributed by atoms with van der Waals surface area (Å²) in [5, 5.41) is 0. The molecule has 14 heavy (non-hydrogen) atoms. The third-order valence-electron chi connectivity index (χ3n) is 2.64. The number of ether oxygens (including phenoxy) is 1. The quantitative estimate of drug-likeness (QED) is 0.569. The zero-order valence-corrected chi connectivity index (χ0v) is 10.4. The molecule has 0 radical (unpaired) electrons. The summed E-state index contributed by atoms with van der Waals surface area (Å²) < 4.78 is 5.74. The van der Waals surface area contributed by atoms with Crippen molar-refractivity contribution in [3.8, 4) is 0 Å². The molecule has 0 N–H and O–H groups in total. The molecule has 0 aromatic rings. The van der Waals surface area contributed by atoms with Gasteiger partial charge >= 0.3 is 0 Å². The second kappa shape index (κ2) is 9.47. The summed E-state index contributed by atoms with van der Waals surface area (Å²) >= 11 is 0. The van der Waals surface area contributed by atoms with Gasteiger partial charge in [-0.15, -0.1) is 0 Å². The summed E-state index contributed by atoms with van der Waals surface area (Å²) in [5.41, 5.74) is 0. The van der Waals surface area contributed by atoms with E-state index in [0.717, 1.165) is 26.2 Å². The van der Waals surface area contributed by atoms with Gasteiger partial charge in [-0.1, -0.05) is 33.6 Å². The Hall–Kier alpha value is -0.0800. The molecule has 0 saturated heterocycles. The molecule has 0 spiro atoms. The lowest BCUT2D eigenvalue weighted by Gasteiger charge is -2.25. The molecule has 2 heteroatoms. The molecule has 0 aliphatic rings. The summed E-state index contributed by atoms with van der Waals surface area (Å²) in [7, 11) is 0. The van der Waals surface area contributed by atoms with E-state index in [2.05, 4.69) is 32.6 Å². The zero-order chi connectivity index (χ0) is 10.8. The van der Waals surface area contributed by atoms with Gasteiger partial charge in [0, 0.05) is 13.2 Å². The van der Waals surface area contributed by atoms with Crippen LogP contribution in [0.25, 0.3) is 0 Å². The predicted molar refractivity (Wildman–Crippen MR) is 62.7 cm³/mol. The Bertz CT molecular complexity index is 113. The minimum absolute atomic E-state index is 0.444. The normalized spacial score (nSPS) is 13.5. The molecule has 0 bridgehead atoms. The molecule has 0 aliphatic carbocycles. The van der Waals surface area contributed by atoms with Crippen molar-refractivity contribution in [2.75, 3.05) is 26.2 Å². The SMILES string of the molecule is CCCCC(CN(CC)CC)OCC. The van der Waals surface area contributed by atoms with Crippen LogP contribution in [0.4, 0.5) is 0 Å². The molecule has 0 saturated carbocycles. The standard InChI is InChI=1S/C12H27NO/c1-5-9-10-12(14-8-4)11-13(6-2)7-3/h12H,5-11H2,1-4H3. The summed E-state index contributed by atoms with van der Waals surface area (Å²) in [6.07, 6.45) is 4.20. The van der Waals surface area contributed by atoms with Gasteiger partial charge in [0.1, 0.15) is 0 Å². The minimum atomic E-state index is 0.444. The van der Waals surface area contributed by atoms with Gasteiger partial charge in [-0.25, -0.2) is 0 Å². The van der Waals surface area contributed by atoms with E-state index in [1.807, 2.05) is 0 Å².